The molecule has 1 unspecified atom stereocenters. The third-order valence-corrected chi connectivity index (χ3v) is 8.60. The molecule has 0 bridgehead atoms. The van der Waals surface area contributed by atoms with E-state index in [9.17, 15) is 35.1 Å². The van der Waals surface area contributed by atoms with Crippen LogP contribution in [0.2, 0.25) is 0 Å². The first-order valence-corrected chi connectivity index (χ1v) is 15.7. The number of carbonyl (C=O) groups is 2. The quantitative estimate of drug-likeness (QED) is 0.0719. The minimum Gasteiger partial charge on any atom is -0.477 e. The number of ether oxygens (including phenoxy) is 5. The zero-order valence-electron chi connectivity index (χ0n) is 26.2. The number of carboxylic acid groups (broad SMARTS) is 1. The number of allylic oxidation sites excluding steroid dienone is 2. The number of aliphatic carboxylic acids is 1. The summed E-state index contributed by atoms with van der Waals surface area (Å²) in [6, 6.07) is 0. The average molecular weight is 652 g/mol. The van der Waals surface area contributed by atoms with Gasteiger partial charge in [0.05, 0.1) is 44.8 Å². The van der Waals surface area contributed by atoms with Crippen LogP contribution in [0.1, 0.15) is 32.1 Å². The molecular weight excluding hydrogens is 604 g/mol. The molecule has 4 aliphatic rings. The fraction of sp³-hybridized carbons (Fsp3) is 0.625. The second-order valence-corrected chi connectivity index (χ2v) is 11.8. The van der Waals surface area contributed by atoms with E-state index in [-0.39, 0.29) is 24.5 Å². The Hall–Kier alpha value is -2.92. The highest BCUT2D eigenvalue weighted by Crippen LogP contribution is 2.39. The summed E-state index contributed by atoms with van der Waals surface area (Å²) in [6.45, 7) is 0.0544. The molecule has 7 N–H and O–H groups in total. The molecule has 1 saturated carbocycles. The predicted molar refractivity (Wildman–Crippen MR) is 161 cm³/mol. The van der Waals surface area contributed by atoms with Crippen LogP contribution >= 0.6 is 0 Å². The van der Waals surface area contributed by atoms with Crippen molar-refractivity contribution in [3.05, 3.63) is 59.1 Å². The molecule has 0 aromatic carbocycles. The second kappa shape index (κ2) is 17.3. The van der Waals surface area contributed by atoms with Gasteiger partial charge >= 0.3 is 11.9 Å². The van der Waals surface area contributed by atoms with Gasteiger partial charge in [0.25, 0.3) is 0 Å². The zero-order chi connectivity index (χ0) is 33.2. The standard InChI is InChI=1S/C32H46N2O12/c1-33-18-44-28-27(38)26(37)25(16-36)45-32(28)46-31-23(13-19-6-4-3-5-7-19)22(24(17-43-31)30(41)42-2)9-8-20-12-21(29(39)40)15-34(14-20)10-11-35/h8-9,12-13,15,17,22-23,25-28,31-33,35-38H,3-7,10-11,14,16,18H2,1-2H3,(H,39,40)/p+1/b9-8-/t22-,23+,25+,26+,27-,28+,31-,32-/m0/s1. The van der Waals surface area contributed by atoms with Gasteiger partial charge < -0.3 is 54.1 Å². The summed E-state index contributed by atoms with van der Waals surface area (Å²) in [6.07, 6.45) is 7.35. The number of carboxylic acids is 1. The molecule has 14 heteroatoms. The molecule has 0 aromatic heterocycles. The number of carbonyl (C=O) groups excluding carboxylic acids is 1. The van der Waals surface area contributed by atoms with Crippen molar-refractivity contribution in [2.45, 2.75) is 69.1 Å². The molecular formula is C32H47N2O12+. The van der Waals surface area contributed by atoms with Crippen LogP contribution in [-0.2, 0) is 33.3 Å². The topological polar surface area (TPSA) is 198 Å². The molecule has 1 saturated heterocycles. The lowest BCUT2D eigenvalue weighted by molar-refractivity contribution is -0.842. The van der Waals surface area contributed by atoms with Gasteiger partial charge in [0.2, 0.25) is 6.29 Å². The number of rotatable bonds is 13. The van der Waals surface area contributed by atoms with E-state index in [2.05, 4.69) is 5.32 Å². The van der Waals surface area contributed by atoms with E-state index in [4.69, 9.17) is 23.7 Å². The summed E-state index contributed by atoms with van der Waals surface area (Å²) in [5.74, 6) is -2.95. The van der Waals surface area contributed by atoms with Crippen molar-refractivity contribution in [1.82, 2.24) is 5.32 Å². The van der Waals surface area contributed by atoms with Gasteiger partial charge in [0, 0.05) is 11.5 Å². The van der Waals surface area contributed by atoms with E-state index in [0.29, 0.717) is 18.7 Å². The monoisotopic (exact) mass is 651 g/mol. The summed E-state index contributed by atoms with van der Waals surface area (Å²) >= 11 is 0. The Morgan fingerprint density at radius 3 is 2.54 bits per heavy atom. The molecule has 0 radical (unpaired) electrons. The molecule has 46 heavy (non-hydrogen) atoms. The van der Waals surface area contributed by atoms with Crippen LogP contribution in [0.25, 0.3) is 0 Å². The Kier molecular flexibility index (Phi) is 13.5. The van der Waals surface area contributed by atoms with Crippen LogP contribution in [0.3, 0.4) is 0 Å². The smallest absolute Gasteiger partial charge is 0.341 e. The van der Waals surface area contributed by atoms with Crippen LogP contribution < -0.4 is 10.2 Å². The summed E-state index contributed by atoms with van der Waals surface area (Å²) in [5, 5.41) is 53.1. The molecule has 1 aliphatic carbocycles. The number of quaternary nitrogens is 1. The molecule has 0 amide bonds. The van der Waals surface area contributed by atoms with Crippen molar-refractivity contribution in [3.63, 3.8) is 0 Å². The fourth-order valence-electron chi connectivity index (χ4n) is 6.21. The van der Waals surface area contributed by atoms with E-state index >= 15 is 0 Å². The largest absolute Gasteiger partial charge is 0.477 e. The highest BCUT2D eigenvalue weighted by atomic mass is 16.8. The van der Waals surface area contributed by atoms with Crippen molar-refractivity contribution < 1.29 is 63.7 Å². The molecule has 4 rings (SSSR count). The second-order valence-electron chi connectivity index (χ2n) is 11.8. The molecule has 0 aromatic rings. The number of nitrogens with one attached hydrogen (secondary N) is 2. The fourth-order valence-corrected chi connectivity index (χ4v) is 6.21. The van der Waals surface area contributed by atoms with E-state index in [1.54, 1.807) is 31.5 Å². The van der Waals surface area contributed by atoms with Gasteiger partial charge in [0.15, 0.2) is 6.29 Å². The molecule has 256 valence electrons. The van der Waals surface area contributed by atoms with Gasteiger partial charge in [-0.05, 0) is 38.8 Å². The van der Waals surface area contributed by atoms with E-state index in [0.717, 1.165) is 37.0 Å². The van der Waals surface area contributed by atoms with Gasteiger partial charge in [-0.25, -0.2) is 9.59 Å². The molecule has 3 heterocycles. The van der Waals surface area contributed by atoms with Crippen LogP contribution in [0.4, 0.5) is 0 Å². The number of esters is 1. The van der Waals surface area contributed by atoms with Crippen LogP contribution in [0.15, 0.2) is 59.1 Å². The van der Waals surface area contributed by atoms with Gasteiger partial charge in [-0.15, -0.1) is 0 Å². The average Bonchev–Trinajstić information content (AvgIpc) is 3.06. The Morgan fingerprint density at radius 1 is 1.13 bits per heavy atom. The molecule has 3 aliphatic heterocycles. The maximum absolute atomic E-state index is 13.0. The Balaban J connectivity index is 1.72. The number of methoxy groups -OCH3 is 1. The summed E-state index contributed by atoms with van der Waals surface area (Å²) < 4.78 is 29.0. The van der Waals surface area contributed by atoms with E-state index in [1.807, 2.05) is 6.08 Å². The Bertz CT molecular complexity index is 1210. The highest BCUT2D eigenvalue weighted by Gasteiger charge is 2.48. The van der Waals surface area contributed by atoms with Crippen molar-refractivity contribution in [3.8, 4) is 0 Å². The first-order chi connectivity index (χ1) is 22.2. The third kappa shape index (κ3) is 8.91. The lowest BCUT2D eigenvalue weighted by Gasteiger charge is -2.44. The van der Waals surface area contributed by atoms with Crippen LogP contribution in [0.5, 0.6) is 0 Å². The van der Waals surface area contributed by atoms with E-state index in [1.165, 1.54) is 18.9 Å². The maximum Gasteiger partial charge on any atom is 0.341 e. The Labute approximate surface area is 268 Å². The minimum atomic E-state index is -1.45. The summed E-state index contributed by atoms with van der Waals surface area (Å²) in [5.41, 5.74) is 2.16. The molecule has 9 atom stereocenters. The van der Waals surface area contributed by atoms with E-state index < -0.39 is 67.4 Å². The van der Waals surface area contributed by atoms with Gasteiger partial charge in [-0.3, -0.25) is 5.32 Å². The van der Waals surface area contributed by atoms with Crippen LogP contribution in [-0.4, -0.2) is 122 Å². The number of aliphatic hydroxyl groups is 4. The number of hydrogen-bond acceptors (Lipinski definition) is 12. The predicted octanol–water partition coefficient (Wildman–Crippen LogP) is -1.12. The third-order valence-electron chi connectivity index (χ3n) is 8.60. The van der Waals surface area contributed by atoms with Gasteiger partial charge in [-0.2, -0.15) is 0 Å². The lowest BCUT2D eigenvalue weighted by atomic mass is 9.80. The van der Waals surface area contributed by atoms with Crippen molar-refractivity contribution in [2.75, 3.05) is 47.2 Å². The number of hydrogen-bond donors (Lipinski definition) is 7. The minimum absolute atomic E-state index is 0.00932. The summed E-state index contributed by atoms with van der Waals surface area (Å²) in [7, 11) is 2.92. The Morgan fingerprint density at radius 2 is 1.89 bits per heavy atom. The van der Waals surface area contributed by atoms with Crippen LogP contribution in [0, 0.1) is 11.8 Å². The molecule has 2 fully saturated rings. The lowest BCUT2D eigenvalue weighted by Crippen LogP contribution is -3.08. The molecule has 14 nitrogen and oxygen atoms in total. The highest BCUT2D eigenvalue weighted by molar-refractivity contribution is 5.90. The zero-order valence-corrected chi connectivity index (χ0v) is 26.2. The van der Waals surface area contributed by atoms with Crippen molar-refractivity contribution in [1.29, 1.82) is 0 Å². The SMILES string of the molecule is CNCO[C@H]1[C@H](O[C@@H]2OC=C(C(=O)OC)[C@@H](/C=C\C3=CC(C(=O)O)=C[NH+](CCO)C3)[C@H]2C=C2CCCCC2)O[C@H](CO)[C@@H](O)[C@@H]1O. The van der Waals surface area contributed by atoms with Gasteiger partial charge in [-0.1, -0.05) is 30.2 Å². The number of aliphatic hydroxyl groups excluding tert-OH is 4. The van der Waals surface area contributed by atoms with Gasteiger partial charge in [0.1, 0.15) is 49.3 Å². The first-order valence-electron chi connectivity index (χ1n) is 15.7. The maximum atomic E-state index is 13.0. The molecule has 0 spiro atoms. The first kappa shape index (κ1) is 35.9. The van der Waals surface area contributed by atoms with Crippen molar-refractivity contribution >= 4 is 11.9 Å². The normalized spacial score (nSPS) is 33.5. The van der Waals surface area contributed by atoms with Crippen molar-refractivity contribution in [2.24, 2.45) is 11.8 Å². The summed E-state index contributed by atoms with van der Waals surface area (Å²) in [4.78, 5) is 25.6.